The van der Waals surface area contributed by atoms with Crippen molar-refractivity contribution in [3.8, 4) is 0 Å². The van der Waals surface area contributed by atoms with Crippen molar-refractivity contribution in [2.75, 3.05) is 0 Å². The van der Waals surface area contributed by atoms with Crippen LogP contribution in [0.3, 0.4) is 0 Å². The summed E-state index contributed by atoms with van der Waals surface area (Å²) in [6.07, 6.45) is 0. The van der Waals surface area contributed by atoms with Crippen molar-refractivity contribution in [2.45, 2.75) is 27.7 Å². The van der Waals surface area contributed by atoms with E-state index in [9.17, 15) is 0 Å². The molecular formula is C13H25Mn-5. The van der Waals surface area contributed by atoms with Crippen LogP contribution in [0.4, 0.5) is 0 Å². The third-order valence-corrected chi connectivity index (χ3v) is 0.556. The van der Waals surface area contributed by atoms with E-state index < -0.39 is 0 Å². The molecule has 0 nitrogen and oxygen atoms in total. The minimum atomic E-state index is 0. The van der Waals surface area contributed by atoms with Crippen molar-refractivity contribution in [2.24, 2.45) is 0 Å². The van der Waals surface area contributed by atoms with Gasteiger partial charge in [-0.05, 0) is 0 Å². The molecule has 0 aliphatic rings. The van der Waals surface area contributed by atoms with Crippen LogP contribution in [0.15, 0.2) is 30.3 Å². The van der Waals surface area contributed by atoms with E-state index in [1.54, 1.807) is 27.7 Å². The van der Waals surface area contributed by atoms with Gasteiger partial charge in [-0.25, -0.2) is 12.1 Å². The summed E-state index contributed by atoms with van der Waals surface area (Å²) in [5, 5.41) is 0. The molecule has 1 aromatic rings. The second-order valence-corrected chi connectivity index (χ2v) is 0.962. The van der Waals surface area contributed by atoms with Crippen LogP contribution in [0.25, 0.3) is 0 Å². The fraction of sp³-hybridized carbons (Fsp3) is 0.308. The monoisotopic (exact) mass is 236 g/mol. The molecule has 0 atom stereocenters. The summed E-state index contributed by atoms with van der Waals surface area (Å²) >= 11 is 0. The van der Waals surface area contributed by atoms with E-state index in [0.717, 1.165) is 0 Å². The molecule has 0 aliphatic heterocycles. The maximum absolute atomic E-state index is 3.25. The standard InChI is InChI=1S/C5H5.4C2H5.Mn/c1-2-4-5-3-1;4*1-2;/h1-5H;4*1H2,2H3;/q5*-1;. The molecule has 1 rings (SSSR count). The van der Waals surface area contributed by atoms with Gasteiger partial charge >= 0.3 is 0 Å². The summed E-state index contributed by atoms with van der Waals surface area (Å²) in [6.45, 7) is 20.0. The Labute approximate surface area is 103 Å². The Hall–Kier alpha value is -0.131. The van der Waals surface area contributed by atoms with E-state index in [4.69, 9.17) is 0 Å². The molecule has 1 heteroatoms. The van der Waals surface area contributed by atoms with Crippen LogP contribution in [0, 0.1) is 27.7 Å². The van der Waals surface area contributed by atoms with Gasteiger partial charge in [-0.15, -0.1) is 0 Å². The zero-order valence-corrected chi connectivity index (χ0v) is 11.3. The van der Waals surface area contributed by atoms with E-state index in [1.165, 1.54) is 0 Å². The SMILES string of the molecule is [CH2-]C.[CH2-]C.[CH2-]C.[CH2-]C.[Mn].c1cc[cH-]c1. The Morgan fingerprint density at radius 2 is 0.857 bits per heavy atom. The quantitative estimate of drug-likeness (QED) is 0.450. The van der Waals surface area contributed by atoms with E-state index >= 15 is 0 Å². The van der Waals surface area contributed by atoms with Gasteiger partial charge in [0.1, 0.15) is 0 Å². The fourth-order valence-electron chi connectivity index (χ4n) is 0.321. The van der Waals surface area contributed by atoms with E-state index in [0.29, 0.717) is 0 Å². The Balaban J connectivity index is -0.0000000267. The average Bonchev–Trinajstić information content (AvgIpc) is 2.87. The molecule has 0 saturated heterocycles. The maximum Gasteiger partial charge on any atom is 0 e. The van der Waals surface area contributed by atoms with Gasteiger partial charge in [0, 0.05) is 17.1 Å². The second kappa shape index (κ2) is 76.5. The first-order valence-corrected chi connectivity index (χ1v) is 4.50. The molecule has 14 heavy (non-hydrogen) atoms. The van der Waals surface area contributed by atoms with Gasteiger partial charge < -0.3 is 27.7 Å². The van der Waals surface area contributed by atoms with Gasteiger partial charge in [-0.3, -0.25) is 0 Å². The van der Waals surface area contributed by atoms with E-state index in [2.05, 4.69) is 27.7 Å². The third kappa shape index (κ3) is 59.1. The third-order valence-electron chi connectivity index (χ3n) is 0.556. The summed E-state index contributed by atoms with van der Waals surface area (Å²) in [5.41, 5.74) is 0. The van der Waals surface area contributed by atoms with Crippen molar-refractivity contribution in [3.63, 3.8) is 0 Å². The van der Waals surface area contributed by atoms with Crippen molar-refractivity contribution < 1.29 is 17.1 Å². The Morgan fingerprint density at radius 1 is 0.643 bits per heavy atom. The van der Waals surface area contributed by atoms with Gasteiger partial charge in [-0.2, -0.15) is 45.9 Å². The molecule has 0 fully saturated rings. The largest absolute Gasteiger partial charge is 0.346 e. The van der Waals surface area contributed by atoms with Gasteiger partial charge in [0.05, 0.1) is 0 Å². The molecule has 0 unspecified atom stereocenters. The summed E-state index contributed by atoms with van der Waals surface area (Å²) < 4.78 is 0. The van der Waals surface area contributed by atoms with Gasteiger partial charge in [0.25, 0.3) is 0 Å². The zero-order valence-electron chi connectivity index (χ0n) is 10.1. The number of rotatable bonds is 0. The molecule has 0 amide bonds. The van der Waals surface area contributed by atoms with Crippen LogP contribution in [-0.4, -0.2) is 0 Å². The molecule has 0 aliphatic carbocycles. The molecular weight excluding hydrogens is 211 g/mol. The molecule has 0 heterocycles. The fourth-order valence-corrected chi connectivity index (χ4v) is 0.321. The predicted molar refractivity (Wildman–Crippen MR) is 66.2 cm³/mol. The first kappa shape index (κ1) is 29.2. The minimum absolute atomic E-state index is 0. The van der Waals surface area contributed by atoms with Gasteiger partial charge in [0.2, 0.25) is 0 Å². The van der Waals surface area contributed by atoms with Crippen LogP contribution in [-0.2, 0) is 17.1 Å². The molecule has 0 saturated carbocycles. The van der Waals surface area contributed by atoms with Gasteiger partial charge in [0.15, 0.2) is 0 Å². The predicted octanol–water partition coefficient (Wildman–Crippen LogP) is 4.76. The van der Waals surface area contributed by atoms with E-state index in [-0.39, 0.29) is 17.1 Å². The van der Waals surface area contributed by atoms with Crippen LogP contribution in [0.5, 0.6) is 0 Å². The minimum Gasteiger partial charge on any atom is -0.346 e. The first-order chi connectivity index (χ1) is 6.50. The molecule has 0 N–H and O–H groups in total. The van der Waals surface area contributed by atoms with Crippen molar-refractivity contribution in [1.82, 2.24) is 0 Å². The molecule has 89 valence electrons. The molecule has 0 spiro atoms. The van der Waals surface area contributed by atoms with Crippen LogP contribution < -0.4 is 0 Å². The van der Waals surface area contributed by atoms with Crippen molar-refractivity contribution >= 4 is 0 Å². The topological polar surface area (TPSA) is 0 Å². The van der Waals surface area contributed by atoms with Crippen molar-refractivity contribution in [1.29, 1.82) is 0 Å². The summed E-state index contributed by atoms with van der Waals surface area (Å²) in [4.78, 5) is 0. The first-order valence-electron chi connectivity index (χ1n) is 4.50. The van der Waals surface area contributed by atoms with Crippen LogP contribution in [0.1, 0.15) is 27.7 Å². The second-order valence-electron chi connectivity index (χ2n) is 0.962. The summed E-state index contributed by atoms with van der Waals surface area (Å²) in [7, 11) is 0. The van der Waals surface area contributed by atoms with Crippen LogP contribution in [0.2, 0.25) is 0 Å². The summed E-state index contributed by atoms with van der Waals surface area (Å²) in [5.74, 6) is 0. The Morgan fingerprint density at radius 3 is 0.929 bits per heavy atom. The Kier molecular flexibility index (Phi) is 159. The van der Waals surface area contributed by atoms with E-state index in [1.807, 2.05) is 30.3 Å². The number of hydrogen-bond acceptors (Lipinski definition) is 0. The van der Waals surface area contributed by atoms with Crippen LogP contribution >= 0.6 is 0 Å². The maximum atomic E-state index is 3.25. The Bertz CT molecular complexity index is 61.7. The molecule has 1 radical (unpaired) electrons. The molecule has 1 aromatic carbocycles. The zero-order chi connectivity index (χ0) is 11.5. The normalized spacial score (nSPS) is 4.57. The average molecular weight is 236 g/mol. The molecule has 0 bridgehead atoms. The molecule has 0 aromatic heterocycles. The van der Waals surface area contributed by atoms with Gasteiger partial charge in [-0.1, -0.05) is 0 Å². The van der Waals surface area contributed by atoms with Crippen molar-refractivity contribution in [3.05, 3.63) is 58.0 Å². The smallest absolute Gasteiger partial charge is 0 e. The number of hydrogen-bond donors (Lipinski definition) is 0. The summed E-state index contributed by atoms with van der Waals surface area (Å²) in [6, 6.07) is 10.0.